The van der Waals surface area contributed by atoms with Gasteiger partial charge in [0, 0.05) is 20.3 Å². The van der Waals surface area contributed by atoms with Crippen LogP contribution >= 0.6 is 0 Å². The summed E-state index contributed by atoms with van der Waals surface area (Å²) >= 11 is 0. The second kappa shape index (κ2) is 11.2. The van der Waals surface area contributed by atoms with Gasteiger partial charge in [-0.25, -0.2) is 0 Å². The number of benzene rings is 1. The average Bonchev–Trinajstić information content (AvgIpc) is 2.50. The van der Waals surface area contributed by atoms with Crippen molar-refractivity contribution in [3.8, 4) is 11.8 Å². The molecule has 0 radical (unpaired) electrons. The van der Waals surface area contributed by atoms with Gasteiger partial charge in [-0.3, -0.25) is 0 Å². The number of hydrogen-bond acceptors (Lipinski definition) is 5. The highest BCUT2D eigenvalue weighted by Gasteiger charge is 1.95. The fourth-order valence-corrected chi connectivity index (χ4v) is 1.45. The minimum atomic E-state index is 0.496. The van der Waals surface area contributed by atoms with Crippen LogP contribution in [0.4, 0.5) is 0 Å². The summed E-state index contributed by atoms with van der Waals surface area (Å²) in [6.07, 6.45) is 0.862. The molecule has 5 heteroatoms. The van der Waals surface area contributed by atoms with E-state index in [0.29, 0.717) is 45.2 Å². The maximum Gasteiger partial charge on any atom is 0.119 e. The Morgan fingerprint density at radius 2 is 1.55 bits per heavy atom. The zero-order chi connectivity index (χ0) is 14.5. The Morgan fingerprint density at radius 1 is 0.900 bits per heavy atom. The van der Waals surface area contributed by atoms with E-state index in [4.69, 9.17) is 24.2 Å². The van der Waals surface area contributed by atoms with Crippen molar-refractivity contribution in [1.29, 1.82) is 5.26 Å². The molecule has 0 aliphatic heterocycles. The van der Waals surface area contributed by atoms with Crippen LogP contribution in [0.5, 0.6) is 5.75 Å². The lowest BCUT2D eigenvalue weighted by molar-refractivity contribution is 0.0459. The highest BCUT2D eigenvalue weighted by Crippen LogP contribution is 2.11. The molecule has 0 heterocycles. The fourth-order valence-electron chi connectivity index (χ4n) is 1.45. The highest BCUT2D eigenvalue weighted by molar-refractivity contribution is 5.34. The van der Waals surface area contributed by atoms with E-state index in [-0.39, 0.29) is 0 Å². The maximum atomic E-state index is 8.67. The van der Waals surface area contributed by atoms with Gasteiger partial charge < -0.3 is 18.9 Å². The number of hydrogen-bond donors (Lipinski definition) is 0. The van der Waals surface area contributed by atoms with Gasteiger partial charge in [-0.05, 0) is 30.7 Å². The van der Waals surface area contributed by atoms with E-state index in [0.717, 1.165) is 12.2 Å². The summed E-state index contributed by atoms with van der Waals surface area (Å²) in [4.78, 5) is 0. The molecule has 0 bridgehead atoms. The first-order valence-electron chi connectivity index (χ1n) is 6.64. The van der Waals surface area contributed by atoms with Gasteiger partial charge in [0.1, 0.15) is 12.4 Å². The van der Waals surface area contributed by atoms with Crippen molar-refractivity contribution in [3.05, 3.63) is 29.8 Å². The van der Waals surface area contributed by atoms with Gasteiger partial charge >= 0.3 is 0 Å². The van der Waals surface area contributed by atoms with Crippen LogP contribution in [0.15, 0.2) is 24.3 Å². The summed E-state index contributed by atoms with van der Waals surface area (Å²) in [5, 5.41) is 8.67. The molecule has 0 aliphatic carbocycles. The Balaban J connectivity index is 1.93. The third-order valence-corrected chi connectivity index (χ3v) is 2.49. The second-order valence-corrected chi connectivity index (χ2v) is 4.06. The van der Waals surface area contributed by atoms with E-state index in [1.165, 1.54) is 0 Å². The Labute approximate surface area is 120 Å². The summed E-state index contributed by atoms with van der Waals surface area (Å²) in [6.45, 7) is 3.62. The van der Waals surface area contributed by atoms with Gasteiger partial charge in [0.15, 0.2) is 0 Å². The van der Waals surface area contributed by atoms with E-state index < -0.39 is 0 Å². The first-order valence-corrected chi connectivity index (χ1v) is 6.64. The van der Waals surface area contributed by atoms with Crippen LogP contribution in [-0.2, 0) is 14.2 Å². The van der Waals surface area contributed by atoms with Crippen LogP contribution in [0.1, 0.15) is 12.0 Å². The molecule has 0 N–H and O–H groups in total. The zero-order valence-electron chi connectivity index (χ0n) is 11.8. The Hall–Kier alpha value is -1.61. The predicted molar refractivity (Wildman–Crippen MR) is 74.8 cm³/mol. The molecule has 1 aromatic rings. The fraction of sp³-hybridized carbons (Fsp3) is 0.533. The van der Waals surface area contributed by atoms with Gasteiger partial charge in [0.05, 0.1) is 31.5 Å². The number of nitriles is 1. The summed E-state index contributed by atoms with van der Waals surface area (Å²) < 4.78 is 21.1. The van der Waals surface area contributed by atoms with E-state index >= 15 is 0 Å². The SMILES string of the molecule is COCCOCCCOCCOc1ccc(C#N)cc1. The third kappa shape index (κ3) is 7.74. The Morgan fingerprint density at radius 3 is 2.15 bits per heavy atom. The van der Waals surface area contributed by atoms with Crippen molar-refractivity contribution in [2.75, 3.05) is 46.8 Å². The average molecular weight is 279 g/mol. The molecule has 1 rings (SSSR count). The molecule has 110 valence electrons. The smallest absolute Gasteiger partial charge is 0.119 e. The summed E-state index contributed by atoms with van der Waals surface area (Å²) in [7, 11) is 1.65. The predicted octanol–water partition coefficient (Wildman–Crippen LogP) is 2.01. The quantitative estimate of drug-likeness (QED) is 0.580. The standard InChI is InChI=1S/C15H21NO4/c1-17-9-10-18-7-2-8-19-11-12-20-15-5-3-14(13-16)4-6-15/h3-6H,2,7-12H2,1H3. The molecule has 0 unspecified atom stereocenters. The Kier molecular flexibility index (Phi) is 9.24. The van der Waals surface area contributed by atoms with Crippen molar-refractivity contribution < 1.29 is 18.9 Å². The van der Waals surface area contributed by atoms with Crippen molar-refractivity contribution in [3.63, 3.8) is 0 Å². The summed E-state index contributed by atoms with van der Waals surface area (Å²) in [6, 6.07) is 9.08. The van der Waals surface area contributed by atoms with Gasteiger partial charge in [-0.2, -0.15) is 5.26 Å². The summed E-state index contributed by atoms with van der Waals surface area (Å²) in [5.74, 6) is 0.746. The highest BCUT2D eigenvalue weighted by atomic mass is 16.5. The minimum absolute atomic E-state index is 0.496. The van der Waals surface area contributed by atoms with Gasteiger partial charge in [0.25, 0.3) is 0 Å². The molecule has 0 saturated carbocycles. The maximum absolute atomic E-state index is 8.67. The van der Waals surface area contributed by atoms with Crippen molar-refractivity contribution in [2.45, 2.75) is 6.42 Å². The molecule has 0 aliphatic rings. The third-order valence-electron chi connectivity index (χ3n) is 2.49. The van der Waals surface area contributed by atoms with Crippen LogP contribution < -0.4 is 4.74 Å². The lowest BCUT2D eigenvalue weighted by Crippen LogP contribution is -2.09. The van der Waals surface area contributed by atoms with E-state index in [1.54, 1.807) is 31.4 Å². The van der Waals surface area contributed by atoms with Crippen LogP contribution in [0.2, 0.25) is 0 Å². The van der Waals surface area contributed by atoms with Crippen LogP contribution in [0.25, 0.3) is 0 Å². The molecule has 0 spiro atoms. The Bertz CT molecular complexity index is 386. The molecule has 0 fully saturated rings. The van der Waals surface area contributed by atoms with Gasteiger partial charge in [-0.1, -0.05) is 0 Å². The topological polar surface area (TPSA) is 60.7 Å². The molecule has 0 atom stereocenters. The minimum Gasteiger partial charge on any atom is -0.491 e. The molecule has 0 saturated heterocycles. The van der Waals surface area contributed by atoms with Gasteiger partial charge in [-0.15, -0.1) is 0 Å². The van der Waals surface area contributed by atoms with E-state index in [2.05, 4.69) is 6.07 Å². The van der Waals surface area contributed by atoms with Crippen LogP contribution in [0, 0.1) is 11.3 Å². The number of ether oxygens (including phenoxy) is 4. The lowest BCUT2D eigenvalue weighted by Gasteiger charge is -2.07. The molecule has 1 aromatic carbocycles. The summed E-state index contributed by atoms with van der Waals surface area (Å²) in [5.41, 5.74) is 0.627. The normalized spacial score (nSPS) is 10.2. The number of methoxy groups -OCH3 is 1. The molecule has 5 nitrogen and oxygen atoms in total. The van der Waals surface area contributed by atoms with Crippen molar-refractivity contribution in [2.24, 2.45) is 0 Å². The van der Waals surface area contributed by atoms with Crippen LogP contribution in [-0.4, -0.2) is 46.8 Å². The first-order chi connectivity index (χ1) is 9.86. The number of nitrogens with zero attached hydrogens (tertiary/aromatic N) is 1. The molecule has 0 aromatic heterocycles. The second-order valence-electron chi connectivity index (χ2n) is 4.06. The zero-order valence-corrected chi connectivity index (χ0v) is 11.8. The number of rotatable bonds is 11. The lowest BCUT2D eigenvalue weighted by atomic mass is 10.2. The van der Waals surface area contributed by atoms with Crippen molar-refractivity contribution in [1.82, 2.24) is 0 Å². The van der Waals surface area contributed by atoms with Crippen molar-refractivity contribution >= 4 is 0 Å². The van der Waals surface area contributed by atoms with Gasteiger partial charge in [0.2, 0.25) is 0 Å². The van der Waals surface area contributed by atoms with E-state index in [9.17, 15) is 0 Å². The van der Waals surface area contributed by atoms with E-state index in [1.807, 2.05) is 0 Å². The molecule has 0 amide bonds. The largest absolute Gasteiger partial charge is 0.491 e. The molecule has 20 heavy (non-hydrogen) atoms. The first kappa shape index (κ1) is 16.4. The monoisotopic (exact) mass is 279 g/mol. The molecular formula is C15H21NO4. The van der Waals surface area contributed by atoms with Crippen LogP contribution in [0.3, 0.4) is 0 Å². The molecular weight excluding hydrogens is 258 g/mol.